The van der Waals surface area contributed by atoms with Gasteiger partial charge in [0, 0.05) is 13.1 Å². The van der Waals surface area contributed by atoms with Crippen LogP contribution in [0.1, 0.15) is 25.7 Å². The van der Waals surface area contributed by atoms with Crippen LogP contribution in [-0.4, -0.2) is 18.6 Å². The molecule has 1 aliphatic rings. The molecule has 1 aliphatic carbocycles. The van der Waals surface area contributed by atoms with Crippen LogP contribution in [0.3, 0.4) is 0 Å². The lowest BCUT2D eigenvalue weighted by molar-refractivity contribution is 0.221. The van der Waals surface area contributed by atoms with E-state index in [-0.39, 0.29) is 0 Å². The second-order valence-electron chi connectivity index (χ2n) is 4.09. The van der Waals surface area contributed by atoms with Gasteiger partial charge in [0.15, 0.2) is 0 Å². The van der Waals surface area contributed by atoms with Crippen LogP contribution in [0, 0.1) is 5.92 Å². The Morgan fingerprint density at radius 3 is 3.00 bits per heavy atom. The van der Waals surface area contributed by atoms with Gasteiger partial charge in [-0.3, -0.25) is 4.98 Å². The molecule has 82 valence electrons. The average molecular weight is 206 g/mol. The molecule has 3 heteroatoms. The molecule has 0 atom stereocenters. The second-order valence-corrected chi connectivity index (χ2v) is 4.09. The highest BCUT2D eigenvalue weighted by Crippen LogP contribution is 2.29. The predicted octanol–water partition coefficient (Wildman–Crippen LogP) is 2.69. The molecule has 1 aromatic heterocycles. The molecule has 15 heavy (non-hydrogen) atoms. The molecule has 0 spiro atoms. The van der Waals surface area contributed by atoms with Gasteiger partial charge in [0.25, 0.3) is 0 Å². The number of nitrogens with one attached hydrogen (secondary N) is 1. The summed E-state index contributed by atoms with van der Waals surface area (Å²) in [4.78, 5) is 4.10. The van der Waals surface area contributed by atoms with Crippen molar-refractivity contribution in [2.75, 3.05) is 19.0 Å². The first kappa shape index (κ1) is 10.3. The van der Waals surface area contributed by atoms with E-state index in [9.17, 15) is 0 Å². The zero-order valence-electron chi connectivity index (χ0n) is 9.20. The number of ether oxygens (including phenoxy) is 1. The number of hydrogen-bond donors (Lipinski definition) is 1. The van der Waals surface area contributed by atoms with Crippen molar-refractivity contribution in [2.45, 2.75) is 25.7 Å². The molecule has 1 fully saturated rings. The minimum atomic E-state index is 0.819. The smallest absolute Gasteiger partial charge is 0.139 e. The molecule has 0 saturated heterocycles. The Balaban J connectivity index is 1.76. The predicted molar refractivity (Wildman–Crippen MR) is 61.2 cm³/mol. The van der Waals surface area contributed by atoms with E-state index in [1.54, 1.807) is 12.4 Å². The number of hydrogen-bond acceptors (Lipinski definition) is 3. The van der Waals surface area contributed by atoms with Crippen LogP contribution in [0.4, 0.5) is 5.69 Å². The first-order valence-electron chi connectivity index (χ1n) is 5.64. The Bertz CT molecular complexity index is 310. The highest BCUT2D eigenvalue weighted by atomic mass is 16.5. The van der Waals surface area contributed by atoms with Crippen molar-refractivity contribution in [3.8, 4) is 5.75 Å². The van der Waals surface area contributed by atoms with Gasteiger partial charge in [-0.15, -0.1) is 0 Å². The molecule has 0 unspecified atom stereocenters. The third kappa shape index (κ3) is 2.85. The minimum Gasteiger partial charge on any atom is -0.492 e. The Morgan fingerprint density at radius 1 is 1.47 bits per heavy atom. The van der Waals surface area contributed by atoms with Crippen LogP contribution < -0.4 is 10.1 Å². The molecule has 0 radical (unpaired) electrons. The quantitative estimate of drug-likeness (QED) is 0.804. The summed E-state index contributed by atoms with van der Waals surface area (Å²) in [5.74, 6) is 1.77. The molecule has 2 rings (SSSR count). The average Bonchev–Trinajstić information content (AvgIpc) is 2.22. The lowest BCUT2D eigenvalue weighted by Gasteiger charge is -2.24. The number of aromatic nitrogens is 1. The zero-order valence-corrected chi connectivity index (χ0v) is 9.20. The summed E-state index contributed by atoms with van der Waals surface area (Å²) < 4.78 is 5.65. The monoisotopic (exact) mass is 206 g/mol. The number of pyridine rings is 1. The van der Waals surface area contributed by atoms with Gasteiger partial charge in [-0.25, -0.2) is 0 Å². The van der Waals surface area contributed by atoms with Gasteiger partial charge in [-0.2, -0.15) is 0 Å². The maximum Gasteiger partial charge on any atom is 0.139 e. The Morgan fingerprint density at radius 2 is 2.33 bits per heavy atom. The van der Waals surface area contributed by atoms with E-state index in [4.69, 9.17) is 4.74 Å². The van der Waals surface area contributed by atoms with Gasteiger partial charge in [-0.1, -0.05) is 19.3 Å². The van der Waals surface area contributed by atoms with Gasteiger partial charge in [0.05, 0.1) is 24.7 Å². The normalized spacial score (nSPS) is 15.8. The topological polar surface area (TPSA) is 34.2 Å². The fraction of sp³-hybridized carbons (Fsp3) is 0.583. The molecule has 0 bridgehead atoms. The Kier molecular flexibility index (Phi) is 3.43. The van der Waals surface area contributed by atoms with Crippen molar-refractivity contribution in [1.29, 1.82) is 0 Å². The van der Waals surface area contributed by atoms with E-state index in [0.717, 1.165) is 24.0 Å². The third-order valence-electron chi connectivity index (χ3n) is 3.02. The fourth-order valence-corrected chi connectivity index (χ4v) is 1.76. The molecular formula is C12H18N2O. The van der Waals surface area contributed by atoms with Crippen molar-refractivity contribution >= 4 is 5.69 Å². The fourth-order valence-electron chi connectivity index (χ4n) is 1.76. The second kappa shape index (κ2) is 5.01. The Hall–Kier alpha value is -1.25. The number of nitrogens with zero attached hydrogens (tertiary/aromatic N) is 1. The Labute approximate surface area is 90.9 Å². The summed E-state index contributed by atoms with van der Waals surface area (Å²) >= 11 is 0. The molecule has 0 aromatic carbocycles. The SMILES string of the molecule is CNc1cncc(OCCC2CCC2)c1. The van der Waals surface area contributed by atoms with Crippen LogP contribution in [0.5, 0.6) is 5.75 Å². The molecule has 1 aromatic rings. The van der Waals surface area contributed by atoms with Crippen molar-refractivity contribution in [1.82, 2.24) is 4.98 Å². The third-order valence-corrected chi connectivity index (χ3v) is 3.02. The summed E-state index contributed by atoms with van der Waals surface area (Å²) in [5, 5.41) is 3.05. The van der Waals surface area contributed by atoms with Gasteiger partial charge < -0.3 is 10.1 Å². The van der Waals surface area contributed by atoms with Crippen molar-refractivity contribution in [3.63, 3.8) is 0 Å². The lowest BCUT2D eigenvalue weighted by atomic mass is 9.83. The molecule has 3 nitrogen and oxygen atoms in total. The maximum absolute atomic E-state index is 5.65. The summed E-state index contributed by atoms with van der Waals surface area (Å²) in [6.45, 7) is 0.819. The van der Waals surface area contributed by atoms with Crippen LogP contribution in [0.2, 0.25) is 0 Å². The van der Waals surface area contributed by atoms with E-state index in [2.05, 4.69) is 10.3 Å². The highest BCUT2D eigenvalue weighted by Gasteiger charge is 2.16. The lowest BCUT2D eigenvalue weighted by Crippen LogP contribution is -2.14. The van der Waals surface area contributed by atoms with Crippen LogP contribution in [0.15, 0.2) is 18.5 Å². The van der Waals surface area contributed by atoms with Crippen LogP contribution >= 0.6 is 0 Å². The van der Waals surface area contributed by atoms with Crippen molar-refractivity contribution in [3.05, 3.63) is 18.5 Å². The summed E-state index contributed by atoms with van der Waals surface area (Å²) in [6.07, 6.45) is 8.92. The van der Waals surface area contributed by atoms with Crippen LogP contribution in [0.25, 0.3) is 0 Å². The van der Waals surface area contributed by atoms with E-state index in [1.165, 1.54) is 25.7 Å². The maximum atomic E-state index is 5.65. The van der Waals surface area contributed by atoms with Crippen molar-refractivity contribution < 1.29 is 4.74 Å². The van der Waals surface area contributed by atoms with E-state index >= 15 is 0 Å². The van der Waals surface area contributed by atoms with E-state index in [0.29, 0.717) is 0 Å². The zero-order chi connectivity index (χ0) is 10.5. The van der Waals surface area contributed by atoms with Gasteiger partial charge >= 0.3 is 0 Å². The molecule has 0 aliphatic heterocycles. The largest absolute Gasteiger partial charge is 0.492 e. The summed E-state index contributed by atoms with van der Waals surface area (Å²) in [5.41, 5.74) is 0.996. The van der Waals surface area contributed by atoms with Crippen molar-refractivity contribution in [2.24, 2.45) is 5.92 Å². The van der Waals surface area contributed by atoms with Crippen LogP contribution in [-0.2, 0) is 0 Å². The van der Waals surface area contributed by atoms with Gasteiger partial charge in [0.1, 0.15) is 5.75 Å². The molecule has 1 N–H and O–H groups in total. The molecule has 0 amide bonds. The summed E-state index contributed by atoms with van der Waals surface area (Å²) in [6, 6.07) is 1.98. The molecule has 1 saturated carbocycles. The highest BCUT2D eigenvalue weighted by molar-refractivity contribution is 5.44. The molecule has 1 heterocycles. The van der Waals surface area contributed by atoms with E-state index in [1.807, 2.05) is 13.1 Å². The number of rotatable bonds is 5. The standard InChI is InChI=1S/C12H18N2O/c1-13-11-7-12(9-14-8-11)15-6-5-10-3-2-4-10/h7-10,13H,2-6H2,1H3. The van der Waals surface area contributed by atoms with Gasteiger partial charge in [-0.05, 0) is 12.3 Å². The van der Waals surface area contributed by atoms with E-state index < -0.39 is 0 Å². The first-order chi connectivity index (χ1) is 7.38. The minimum absolute atomic E-state index is 0.819. The number of anilines is 1. The van der Waals surface area contributed by atoms with Gasteiger partial charge in [0.2, 0.25) is 0 Å². The molecular weight excluding hydrogens is 188 g/mol. The summed E-state index contributed by atoms with van der Waals surface area (Å²) in [7, 11) is 1.88. The first-order valence-corrected chi connectivity index (χ1v) is 5.64.